The summed E-state index contributed by atoms with van der Waals surface area (Å²) in [5.41, 5.74) is 0.419. The maximum Gasteiger partial charge on any atom is 0.267 e. The van der Waals surface area contributed by atoms with Crippen LogP contribution in [0.4, 0.5) is 11.4 Å². The normalized spacial score (nSPS) is 14.8. The average Bonchev–Trinajstić information content (AvgIpc) is 2.81. The van der Waals surface area contributed by atoms with Gasteiger partial charge in [0.1, 0.15) is 17.7 Å². The van der Waals surface area contributed by atoms with Crippen LogP contribution in [-0.4, -0.2) is 44.9 Å². The van der Waals surface area contributed by atoms with Crippen molar-refractivity contribution in [2.24, 2.45) is 0 Å². The van der Waals surface area contributed by atoms with Gasteiger partial charge in [0.15, 0.2) is 0 Å². The summed E-state index contributed by atoms with van der Waals surface area (Å²) < 4.78 is 32.2. The smallest absolute Gasteiger partial charge is 0.267 e. The number of nitriles is 2. The highest BCUT2D eigenvalue weighted by molar-refractivity contribution is 7.89. The monoisotopic (exact) mass is 471 g/mol. The molecule has 0 saturated carbocycles. The van der Waals surface area contributed by atoms with Crippen LogP contribution in [0.5, 0.6) is 0 Å². The minimum atomic E-state index is -3.75. The summed E-state index contributed by atoms with van der Waals surface area (Å²) >= 11 is 6.17. The zero-order valence-electron chi connectivity index (χ0n) is 16.7. The van der Waals surface area contributed by atoms with Gasteiger partial charge in [-0.05, 0) is 30.3 Å². The van der Waals surface area contributed by atoms with Gasteiger partial charge in [0.2, 0.25) is 10.0 Å². The van der Waals surface area contributed by atoms with E-state index in [1.807, 2.05) is 6.07 Å². The molecule has 0 radical (unpaired) electrons. The fraction of sp³-hybridized carbons (Fsp3) is 0.190. The number of sulfonamides is 1. The summed E-state index contributed by atoms with van der Waals surface area (Å²) in [5.74, 6) is -0.740. The van der Waals surface area contributed by atoms with Crippen molar-refractivity contribution < 1.29 is 17.9 Å². The Bertz CT molecular complexity index is 1240. The first-order valence-electron chi connectivity index (χ1n) is 9.41. The van der Waals surface area contributed by atoms with Crippen LogP contribution < -0.4 is 10.6 Å². The molecule has 0 aromatic heterocycles. The molecule has 1 fully saturated rings. The standard InChI is InChI=1S/C21H18ClN5O4S/c22-18-6-5-17(32(29,30)27-7-9-31-10-8-27)11-20(18)25-14-16(13-24)21(28)26-19-4-2-1-3-15(19)12-23/h1-6,11,14,25H,7-10H2,(H,26,28)/b16-14-. The zero-order chi connectivity index (χ0) is 23.1. The molecule has 1 aliphatic heterocycles. The summed E-state index contributed by atoms with van der Waals surface area (Å²) in [7, 11) is -3.75. The number of morpholine rings is 1. The van der Waals surface area contributed by atoms with E-state index in [0.717, 1.165) is 6.20 Å². The SMILES string of the molecule is N#C/C(=C/Nc1cc(S(=O)(=O)N2CCOCC2)ccc1Cl)C(=O)Nc1ccccc1C#N. The van der Waals surface area contributed by atoms with E-state index in [9.17, 15) is 18.5 Å². The summed E-state index contributed by atoms with van der Waals surface area (Å²) in [4.78, 5) is 12.5. The number of ether oxygens (including phenoxy) is 1. The highest BCUT2D eigenvalue weighted by atomic mass is 35.5. The van der Waals surface area contributed by atoms with Crippen molar-refractivity contribution in [2.45, 2.75) is 4.90 Å². The van der Waals surface area contributed by atoms with E-state index in [-0.39, 0.29) is 45.5 Å². The molecule has 0 unspecified atom stereocenters. The Hall–Kier alpha value is -3.41. The van der Waals surface area contributed by atoms with E-state index >= 15 is 0 Å². The van der Waals surface area contributed by atoms with Crippen molar-refractivity contribution in [3.8, 4) is 12.1 Å². The van der Waals surface area contributed by atoms with Gasteiger partial charge >= 0.3 is 0 Å². The van der Waals surface area contributed by atoms with Crippen molar-refractivity contribution >= 4 is 38.9 Å². The number of rotatable bonds is 6. The molecule has 1 heterocycles. The van der Waals surface area contributed by atoms with Gasteiger partial charge in [0, 0.05) is 19.3 Å². The Morgan fingerprint density at radius 1 is 1.12 bits per heavy atom. The molecule has 2 aromatic rings. The van der Waals surface area contributed by atoms with Crippen molar-refractivity contribution in [1.82, 2.24) is 4.31 Å². The van der Waals surface area contributed by atoms with E-state index in [4.69, 9.17) is 21.6 Å². The lowest BCUT2D eigenvalue weighted by atomic mass is 10.2. The molecule has 0 bridgehead atoms. The molecule has 0 spiro atoms. The molecule has 9 nitrogen and oxygen atoms in total. The van der Waals surface area contributed by atoms with Crippen LogP contribution in [0.15, 0.2) is 59.1 Å². The van der Waals surface area contributed by atoms with Gasteiger partial charge in [-0.2, -0.15) is 14.8 Å². The predicted octanol–water partition coefficient (Wildman–Crippen LogP) is 2.69. The lowest BCUT2D eigenvalue weighted by molar-refractivity contribution is -0.112. The average molecular weight is 472 g/mol. The quantitative estimate of drug-likeness (QED) is 0.488. The maximum absolute atomic E-state index is 12.9. The first-order chi connectivity index (χ1) is 15.4. The van der Waals surface area contributed by atoms with Crippen LogP contribution in [0.2, 0.25) is 5.02 Å². The summed E-state index contributed by atoms with van der Waals surface area (Å²) in [6.45, 7) is 1.12. The number of carbonyl (C=O) groups excluding carboxylic acids is 1. The maximum atomic E-state index is 12.9. The third-order valence-electron chi connectivity index (χ3n) is 4.58. The number of carbonyl (C=O) groups is 1. The highest BCUT2D eigenvalue weighted by Gasteiger charge is 2.26. The molecule has 3 rings (SSSR count). The van der Waals surface area contributed by atoms with E-state index in [1.54, 1.807) is 18.2 Å². The minimum Gasteiger partial charge on any atom is -0.379 e. The van der Waals surface area contributed by atoms with E-state index in [1.165, 1.54) is 34.6 Å². The lowest BCUT2D eigenvalue weighted by Gasteiger charge is -2.26. The van der Waals surface area contributed by atoms with Crippen LogP contribution in [0.25, 0.3) is 0 Å². The molecule has 0 aliphatic carbocycles. The molecule has 1 saturated heterocycles. The zero-order valence-corrected chi connectivity index (χ0v) is 18.3. The van der Waals surface area contributed by atoms with E-state index in [2.05, 4.69) is 10.6 Å². The minimum absolute atomic E-state index is 0.0191. The van der Waals surface area contributed by atoms with Gasteiger partial charge in [0.25, 0.3) is 5.91 Å². The summed E-state index contributed by atoms with van der Waals surface area (Å²) in [5, 5.41) is 23.9. The number of anilines is 2. The van der Waals surface area contributed by atoms with Gasteiger partial charge in [-0.1, -0.05) is 23.7 Å². The molecule has 0 atom stereocenters. The highest BCUT2D eigenvalue weighted by Crippen LogP contribution is 2.27. The second-order valence-electron chi connectivity index (χ2n) is 6.58. The van der Waals surface area contributed by atoms with Gasteiger partial charge in [0.05, 0.1) is 40.1 Å². The van der Waals surface area contributed by atoms with E-state index in [0.29, 0.717) is 13.2 Å². The number of hydrogen-bond donors (Lipinski definition) is 2. The van der Waals surface area contributed by atoms with Crippen LogP contribution in [0, 0.1) is 22.7 Å². The summed E-state index contributed by atoms with van der Waals surface area (Å²) in [6.07, 6.45) is 1.12. The van der Waals surface area contributed by atoms with Gasteiger partial charge in [-0.25, -0.2) is 8.42 Å². The van der Waals surface area contributed by atoms with Crippen molar-refractivity contribution in [3.05, 3.63) is 64.8 Å². The van der Waals surface area contributed by atoms with E-state index < -0.39 is 15.9 Å². The fourth-order valence-corrected chi connectivity index (χ4v) is 4.50. The molecule has 2 N–H and O–H groups in total. The Morgan fingerprint density at radius 2 is 1.84 bits per heavy atom. The molecular formula is C21H18ClN5O4S. The number of hydrogen-bond acceptors (Lipinski definition) is 7. The third kappa shape index (κ3) is 5.25. The second kappa shape index (κ2) is 10.3. The van der Waals surface area contributed by atoms with Crippen LogP contribution in [0.1, 0.15) is 5.56 Å². The molecule has 11 heteroatoms. The third-order valence-corrected chi connectivity index (χ3v) is 6.80. The van der Waals surface area contributed by atoms with Crippen LogP contribution in [0.3, 0.4) is 0 Å². The Morgan fingerprint density at radius 3 is 2.53 bits per heavy atom. The largest absolute Gasteiger partial charge is 0.379 e. The second-order valence-corrected chi connectivity index (χ2v) is 8.93. The number of nitrogens with one attached hydrogen (secondary N) is 2. The van der Waals surface area contributed by atoms with Crippen molar-refractivity contribution in [2.75, 3.05) is 36.9 Å². The molecule has 164 valence electrons. The molecule has 1 amide bonds. The molecule has 2 aromatic carbocycles. The Balaban J connectivity index is 1.81. The lowest BCUT2D eigenvalue weighted by Crippen LogP contribution is -2.40. The molecule has 32 heavy (non-hydrogen) atoms. The number of nitrogens with zero attached hydrogens (tertiary/aromatic N) is 3. The molecular weight excluding hydrogens is 454 g/mol. The van der Waals surface area contributed by atoms with Crippen molar-refractivity contribution in [1.29, 1.82) is 10.5 Å². The topological polar surface area (TPSA) is 135 Å². The number of amides is 1. The first kappa shape index (κ1) is 23.3. The van der Waals surface area contributed by atoms with Crippen LogP contribution >= 0.6 is 11.6 Å². The van der Waals surface area contributed by atoms with Gasteiger partial charge in [-0.15, -0.1) is 0 Å². The summed E-state index contributed by atoms with van der Waals surface area (Å²) in [6, 6.07) is 14.2. The predicted molar refractivity (Wildman–Crippen MR) is 118 cm³/mol. The Kier molecular flexibility index (Phi) is 7.46. The number of halogens is 1. The number of benzene rings is 2. The first-order valence-corrected chi connectivity index (χ1v) is 11.2. The van der Waals surface area contributed by atoms with Gasteiger partial charge in [-0.3, -0.25) is 4.79 Å². The molecule has 1 aliphatic rings. The fourth-order valence-electron chi connectivity index (χ4n) is 2.89. The van der Waals surface area contributed by atoms with Gasteiger partial charge < -0.3 is 15.4 Å². The Labute approximate surface area is 190 Å². The number of para-hydroxylation sites is 1. The van der Waals surface area contributed by atoms with Crippen molar-refractivity contribution in [3.63, 3.8) is 0 Å². The van der Waals surface area contributed by atoms with Crippen LogP contribution in [-0.2, 0) is 19.6 Å².